The third-order valence-corrected chi connectivity index (χ3v) is 2.22. The minimum atomic E-state index is 0.416. The van der Waals surface area contributed by atoms with Gasteiger partial charge >= 0.3 is 0 Å². The van der Waals surface area contributed by atoms with E-state index in [1.165, 1.54) is 12.8 Å². The van der Waals surface area contributed by atoms with Crippen LogP contribution in [0.1, 0.15) is 64.0 Å². The van der Waals surface area contributed by atoms with Crippen LogP contribution < -0.4 is 0 Å². The zero-order chi connectivity index (χ0) is 9.84. The first kappa shape index (κ1) is 10.2. The lowest BCUT2D eigenvalue weighted by molar-refractivity contribution is 0.628. The van der Waals surface area contributed by atoms with Gasteiger partial charge in [-0.1, -0.05) is 34.1 Å². The quantitative estimate of drug-likeness (QED) is 0.776. The van der Waals surface area contributed by atoms with E-state index in [1.54, 1.807) is 0 Å². The number of aromatic amines is 1. The standard InChI is InChI=1S/C10H19N3/c1-5-6-8(4)10-11-9(7(2)3)12-13-10/h7-8H,5-6H2,1-4H3,(H,11,12,13). The van der Waals surface area contributed by atoms with Gasteiger partial charge in [0.15, 0.2) is 5.82 Å². The topological polar surface area (TPSA) is 41.6 Å². The van der Waals surface area contributed by atoms with Crippen molar-refractivity contribution in [2.24, 2.45) is 0 Å². The van der Waals surface area contributed by atoms with Crippen LogP contribution in [0.4, 0.5) is 0 Å². The molecule has 0 spiro atoms. The molecule has 1 atom stereocenters. The van der Waals surface area contributed by atoms with E-state index in [9.17, 15) is 0 Å². The van der Waals surface area contributed by atoms with E-state index in [1.807, 2.05) is 0 Å². The van der Waals surface area contributed by atoms with Crippen molar-refractivity contribution in [2.45, 2.75) is 52.4 Å². The third-order valence-electron chi connectivity index (χ3n) is 2.22. The van der Waals surface area contributed by atoms with E-state index in [0.717, 1.165) is 11.6 Å². The lowest BCUT2D eigenvalue weighted by Crippen LogP contribution is -1.96. The second kappa shape index (κ2) is 4.40. The van der Waals surface area contributed by atoms with Crippen LogP contribution in [0.15, 0.2) is 0 Å². The van der Waals surface area contributed by atoms with Crippen molar-refractivity contribution in [1.82, 2.24) is 15.2 Å². The van der Waals surface area contributed by atoms with Gasteiger partial charge in [0.05, 0.1) is 0 Å². The normalized spacial score (nSPS) is 13.6. The summed E-state index contributed by atoms with van der Waals surface area (Å²) in [5, 5.41) is 7.19. The van der Waals surface area contributed by atoms with Crippen molar-refractivity contribution in [3.05, 3.63) is 11.6 Å². The molecule has 0 aliphatic heterocycles. The number of rotatable bonds is 4. The second-order valence-electron chi connectivity index (χ2n) is 3.92. The maximum atomic E-state index is 4.46. The molecule has 0 saturated heterocycles. The van der Waals surface area contributed by atoms with Crippen LogP contribution in [-0.2, 0) is 0 Å². The van der Waals surface area contributed by atoms with Crippen LogP contribution in [-0.4, -0.2) is 15.2 Å². The molecule has 1 aromatic heterocycles. The predicted molar refractivity (Wildman–Crippen MR) is 53.8 cm³/mol. The molecule has 74 valence electrons. The van der Waals surface area contributed by atoms with Gasteiger partial charge in [0.1, 0.15) is 5.82 Å². The van der Waals surface area contributed by atoms with Gasteiger partial charge in [0.25, 0.3) is 0 Å². The highest BCUT2D eigenvalue weighted by Gasteiger charge is 2.11. The fourth-order valence-corrected chi connectivity index (χ4v) is 1.34. The number of hydrogen-bond acceptors (Lipinski definition) is 2. The maximum Gasteiger partial charge on any atom is 0.153 e. The van der Waals surface area contributed by atoms with Crippen molar-refractivity contribution in [1.29, 1.82) is 0 Å². The summed E-state index contributed by atoms with van der Waals surface area (Å²) in [6, 6.07) is 0. The van der Waals surface area contributed by atoms with Crippen LogP contribution in [0.5, 0.6) is 0 Å². The Morgan fingerprint density at radius 2 is 2.00 bits per heavy atom. The van der Waals surface area contributed by atoms with E-state index in [-0.39, 0.29) is 0 Å². The van der Waals surface area contributed by atoms with Gasteiger partial charge < -0.3 is 0 Å². The fraction of sp³-hybridized carbons (Fsp3) is 0.800. The maximum absolute atomic E-state index is 4.46. The largest absolute Gasteiger partial charge is 0.263 e. The minimum absolute atomic E-state index is 0.416. The second-order valence-corrected chi connectivity index (χ2v) is 3.92. The van der Waals surface area contributed by atoms with Gasteiger partial charge in [-0.05, 0) is 6.42 Å². The first-order chi connectivity index (χ1) is 6.15. The third kappa shape index (κ3) is 2.54. The van der Waals surface area contributed by atoms with Gasteiger partial charge in [-0.2, -0.15) is 5.10 Å². The molecular weight excluding hydrogens is 162 g/mol. The first-order valence-corrected chi connectivity index (χ1v) is 5.07. The SMILES string of the molecule is CCCC(C)c1nc(C(C)C)n[nH]1. The molecule has 1 aromatic rings. The Kier molecular flexibility index (Phi) is 3.46. The zero-order valence-electron chi connectivity index (χ0n) is 8.96. The molecule has 1 rings (SSSR count). The first-order valence-electron chi connectivity index (χ1n) is 5.07. The Balaban J connectivity index is 2.67. The Hall–Kier alpha value is -0.860. The molecule has 0 amide bonds. The lowest BCUT2D eigenvalue weighted by atomic mass is 10.1. The number of hydrogen-bond donors (Lipinski definition) is 1. The van der Waals surface area contributed by atoms with E-state index in [2.05, 4.69) is 42.9 Å². The summed E-state index contributed by atoms with van der Waals surface area (Å²) in [7, 11) is 0. The lowest BCUT2D eigenvalue weighted by Gasteiger charge is -2.04. The average molecular weight is 181 g/mol. The molecular formula is C10H19N3. The van der Waals surface area contributed by atoms with Crippen molar-refractivity contribution < 1.29 is 0 Å². The van der Waals surface area contributed by atoms with Crippen LogP contribution in [0.25, 0.3) is 0 Å². The predicted octanol–water partition coefficient (Wildman–Crippen LogP) is 2.83. The smallest absolute Gasteiger partial charge is 0.153 e. The Morgan fingerprint density at radius 1 is 1.31 bits per heavy atom. The summed E-state index contributed by atoms with van der Waals surface area (Å²) in [4.78, 5) is 4.46. The Bertz CT molecular complexity index is 252. The molecule has 1 heterocycles. The fourth-order valence-electron chi connectivity index (χ4n) is 1.34. The van der Waals surface area contributed by atoms with Crippen LogP contribution >= 0.6 is 0 Å². The Morgan fingerprint density at radius 3 is 2.46 bits per heavy atom. The van der Waals surface area contributed by atoms with Gasteiger partial charge in [0.2, 0.25) is 0 Å². The highest BCUT2D eigenvalue weighted by Crippen LogP contribution is 2.18. The molecule has 1 unspecified atom stereocenters. The summed E-state index contributed by atoms with van der Waals surface area (Å²) >= 11 is 0. The molecule has 0 saturated carbocycles. The molecule has 0 aromatic carbocycles. The highest BCUT2D eigenvalue weighted by molar-refractivity contribution is 4.99. The van der Waals surface area contributed by atoms with E-state index >= 15 is 0 Å². The summed E-state index contributed by atoms with van der Waals surface area (Å²) < 4.78 is 0. The summed E-state index contributed by atoms with van der Waals surface area (Å²) in [5.41, 5.74) is 0. The van der Waals surface area contributed by atoms with Crippen molar-refractivity contribution in [2.75, 3.05) is 0 Å². The summed E-state index contributed by atoms with van der Waals surface area (Å²) in [5.74, 6) is 2.88. The van der Waals surface area contributed by atoms with Crippen molar-refractivity contribution >= 4 is 0 Å². The highest BCUT2D eigenvalue weighted by atomic mass is 15.2. The van der Waals surface area contributed by atoms with E-state index < -0.39 is 0 Å². The van der Waals surface area contributed by atoms with E-state index in [0.29, 0.717) is 11.8 Å². The average Bonchev–Trinajstić information content (AvgIpc) is 2.52. The number of nitrogens with one attached hydrogen (secondary N) is 1. The zero-order valence-corrected chi connectivity index (χ0v) is 8.96. The Labute approximate surface area is 80.0 Å². The molecule has 0 radical (unpaired) electrons. The van der Waals surface area contributed by atoms with Crippen LogP contribution in [0, 0.1) is 0 Å². The molecule has 0 aliphatic rings. The molecule has 13 heavy (non-hydrogen) atoms. The molecule has 0 fully saturated rings. The van der Waals surface area contributed by atoms with Gasteiger partial charge in [-0.3, -0.25) is 5.10 Å². The van der Waals surface area contributed by atoms with Gasteiger partial charge in [-0.15, -0.1) is 0 Å². The van der Waals surface area contributed by atoms with Crippen molar-refractivity contribution in [3.63, 3.8) is 0 Å². The summed E-state index contributed by atoms with van der Waals surface area (Å²) in [6.45, 7) is 8.60. The molecule has 1 N–H and O–H groups in total. The van der Waals surface area contributed by atoms with Crippen LogP contribution in [0.3, 0.4) is 0 Å². The molecule has 3 heteroatoms. The number of nitrogens with zero attached hydrogens (tertiary/aromatic N) is 2. The number of H-pyrrole nitrogens is 1. The van der Waals surface area contributed by atoms with Gasteiger partial charge in [-0.25, -0.2) is 4.98 Å². The molecule has 0 bridgehead atoms. The number of aromatic nitrogens is 3. The monoisotopic (exact) mass is 181 g/mol. The van der Waals surface area contributed by atoms with E-state index in [4.69, 9.17) is 0 Å². The molecule has 0 aliphatic carbocycles. The van der Waals surface area contributed by atoms with Gasteiger partial charge in [0, 0.05) is 11.8 Å². The minimum Gasteiger partial charge on any atom is -0.263 e. The molecule has 3 nitrogen and oxygen atoms in total. The van der Waals surface area contributed by atoms with Crippen LogP contribution in [0.2, 0.25) is 0 Å². The summed E-state index contributed by atoms with van der Waals surface area (Å²) in [6.07, 6.45) is 2.37. The van der Waals surface area contributed by atoms with Crippen molar-refractivity contribution in [3.8, 4) is 0 Å².